The van der Waals surface area contributed by atoms with Crippen molar-refractivity contribution in [1.82, 2.24) is 10.6 Å². The van der Waals surface area contributed by atoms with Crippen LogP contribution >= 0.6 is 11.8 Å². The lowest BCUT2D eigenvalue weighted by molar-refractivity contribution is -0.159. The van der Waals surface area contributed by atoms with E-state index in [-0.39, 0.29) is 11.8 Å². The van der Waals surface area contributed by atoms with E-state index in [0.717, 1.165) is 25.7 Å². The predicted octanol–water partition coefficient (Wildman–Crippen LogP) is 2.29. The minimum absolute atomic E-state index is 0.263. The van der Waals surface area contributed by atoms with Crippen LogP contribution in [0.25, 0.3) is 0 Å². The first-order chi connectivity index (χ1) is 12.5. The molecule has 1 unspecified atom stereocenters. The van der Waals surface area contributed by atoms with Crippen LogP contribution < -0.4 is 10.6 Å². The number of carbonyl (C=O) groups excluding carboxylic acids is 2. The van der Waals surface area contributed by atoms with Crippen LogP contribution in [0.1, 0.15) is 66.2 Å². The number of hydrogen-bond acceptors (Lipinski definition) is 6. The van der Waals surface area contributed by atoms with E-state index in [2.05, 4.69) is 10.6 Å². The van der Waals surface area contributed by atoms with Gasteiger partial charge in [0, 0.05) is 19.1 Å². The third-order valence-electron chi connectivity index (χ3n) is 5.07. The zero-order valence-electron chi connectivity index (χ0n) is 16.7. The summed E-state index contributed by atoms with van der Waals surface area (Å²) in [6, 6.07) is -1.45. The standard InChI is InChI=1S/C19H32N2O5S/c1-12(22)20-14(17(25)26-18(2,3)4)10-19(13-8-6-5-7-9-13)21-15(11-27-19)16(23)24/h13-15,21H,5-11H2,1-4H3,(H,20,22)(H,23,24)/t14?,15-,19-/m0/s1. The largest absolute Gasteiger partial charge is 0.480 e. The highest BCUT2D eigenvalue weighted by Gasteiger charge is 2.50. The quantitative estimate of drug-likeness (QED) is 0.588. The lowest BCUT2D eigenvalue weighted by Gasteiger charge is -2.41. The molecule has 1 aliphatic heterocycles. The number of esters is 1. The van der Waals surface area contributed by atoms with Gasteiger partial charge in [0.25, 0.3) is 0 Å². The Balaban J connectivity index is 2.25. The number of rotatable bonds is 6. The van der Waals surface area contributed by atoms with Crippen molar-refractivity contribution in [2.24, 2.45) is 5.92 Å². The molecular weight excluding hydrogens is 368 g/mol. The van der Waals surface area contributed by atoms with Gasteiger partial charge in [0.2, 0.25) is 5.91 Å². The lowest BCUT2D eigenvalue weighted by Crippen LogP contribution is -2.56. The van der Waals surface area contributed by atoms with Gasteiger partial charge in [-0.1, -0.05) is 19.3 Å². The Bertz CT molecular complexity index is 571. The van der Waals surface area contributed by atoms with Gasteiger partial charge in [-0.25, -0.2) is 4.79 Å². The van der Waals surface area contributed by atoms with Gasteiger partial charge in [0.1, 0.15) is 17.7 Å². The molecule has 8 heteroatoms. The zero-order valence-corrected chi connectivity index (χ0v) is 17.5. The highest BCUT2D eigenvalue weighted by molar-refractivity contribution is 8.01. The second kappa shape index (κ2) is 8.82. The number of amides is 1. The lowest BCUT2D eigenvalue weighted by atomic mass is 9.80. The second-order valence-corrected chi connectivity index (χ2v) is 9.91. The van der Waals surface area contributed by atoms with Crippen LogP contribution in [0, 0.1) is 5.92 Å². The van der Waals surface area contributed by atoms with E-state index in [9.17, 15) is 19.5 Å². The summed E-state index contributed by atoms with van der Waals surface area (Å²) in [5.41, 5.74) is -0.661. The first-order valence-electron chi connectivity index (χ1n) is 9.67. The molecule has 154 valence electrons. The van der Waals surface area contributed by atoms with Crippen LogP contribution in [0.4, 0.5) is 0 Å². The highest BCUT2D eigenvalue weighted by atomic mass is 32.2. The number of hydrogen-bond donors (Lipinski definition) is 3. The molecule has 2 aliphatic rings. The second-order valence-electron chi connectivity index (χ2n) is 8.56. The van der Waals surface area contributed by atoms with Gasteiger partial charge in [-0.15, -0.1) is 11.8 Å². The van der Waals surface area contributed by atoms with Crippen molar-refractivity contribution in [2.45, 2.75) is 88.8 Å². The molecule has 7 nitrogen and oxygen atoms in total. The maximum atomic E-state index is 12.7. The molecular formula is C19H32N2O5S. The van der Waals surface area contributed by atoms with E-state index in [1.165, 1.54) is 13.3 Å². The minimum Gasteiger partial charge on any atom is -0.480 e. The molecule has 1 saturated heterocycles. The number of carboxylic acid groups (broad SMARTS) is 1. The minimum atomic E-state index is -0.881. The van der Waals surface area contributed by atoms with E-state index in [1.54, 1.807) is 32.5 Å². The summed E-state index contributed by atoms with van der Waals surface area (Å²) in [5.74, 6) is -0.947. The Labute approximate surface area is 165 Å². The Hall–Kier alpha value is -1.28. The van der Waals surface area contributed by atoms with Crippen molar-refractivity contribution >= 4 is 29.6 Å². The van der Waals surface area contributed by atoms with E-state index in [4.69, 9.17) is 4.74 Å². The van der Waals surface area contributed by atoms with Gasteiger partial charge in [-0.05, 0) is 39.5 Å². The van der Waals surface area contributed by atoms with Crippen molar-refractivity contribution in [3.63, 3.8) is 0 Å². The van der Waals surface area contributed by atoms with E-state index in [0.29, 0.717) is 12.2 Å². The number of carbonyl (C=O) groups is 3. The van der Waals surface area contributed by atoms with Crippen molar-refractivity contribution < 1.29 is 24.2 Å². The summed E-state index contributed by atoms with van der Waals surface area (Å²) in [4.78, 5) is 35.4. The van der Waals surface area contributed by atoms with E-state index in [1.807, 2.05) is 0 Å². The van der Waals surface area contributed by atoms with Crippen molar-refractivity contribution in [3.8, 4) is 0 Å². The molecule has 0 aromatic carbocycles. The predicted molar refractivity (Wildman–Crippen MR) is 104 cm³/mol. The van der Waals surface area contributed by atoms with Crippen LogP contribution in [0.2, 0.25) is 0 Å². The molecule has 1 amide bonds. The zero-order chi connectivity index (χ0) is 20.2. The number of ether oxygens (including phenoxy) is 1. The summed E-state index contributed by atoms with van der Waals surface area (Å²) >= 11 is 1.57. The number of thioether (sulfide) groups is 1. The average molecular weight is 401 g/mol. The number of aliphatic carboxylic acids is 1. The van der Waals surface area contributed by atoms with Gasteiger partial charge in [-0.3, -0.25) is 14.9 Å². The Morgan fingerprint density at radius 1 is 1.26 bits per heavy atom. The van der Waals surface area contributed by atoms with Crippen LogP contribution in [-0.2, 0) is 19.1 Å². The smallest absolute Gasteiger partial charge is 0.329 e. The normalized spacial score (nSPS) is 27.8. The van der Waals surface area contributed by atoms with Crippen LogP contribution in [0.5, 0.6) is 0 Å². The molecule has 0 spiro atoms. The molecule has 0 aromatic heterocycles. The Morgan fingerprint density at radius 3 is 2.37 bits per heavy atom. The molecule has 0 radical (unpaired) electrons. The first-order valence-corrected chi connectivity index (χ1v) is 10.7. The summed E-state index contributed by atoms with van der Waals surface area (Å²) in [6.45, 7) is 6.74. The fourth-order valence-corrected chi connectivity index (χ4v) is 5.62. The Kier molecular flexibility index (Phi) is 7.19. The molecule has 3 N–H and O–H groups in total. The van der Waals surface area contributed by atoms with Crippen molar-refractivity contribution in [3.05, 3.63) is 0 Å². The topological polar surface area (TPSA) is 105 Å². The number of nitrogens with one attached hydrogen (secondary N) is 2. The van der Waals surface area contributed by atoms with Gasteiger partial charge in [-0.2, -0.15) is 0 Å². The molecule has 27 heavy (non-hydrogen) atoms. The number of carboxylic acids is 1. The van der Waals surface area contributed by atoms with Crippen molar-refractivity contribution in [2.75, 3.05) is 5.75 Å². The van der Waals surface area contributed by atoms with E-state index >= 15 is 0 Å². The van der Waals surface area contributed by atoms with Crippen molar-refractivity contribution in [1.29, 1.82) is 0 Å². The van der Waals surface area contributed by atoms with Gasteiger partial charge in [0.15, 0.2) is 0 Å². The van der Waals surface area contributed by atoms with Gasteiger partial charge >= 0.3 is 11.9 Å². The van der Waals surface area contributed by atoms with Gasteiger partial charge < -0.3 is 15.2 Å². The molecule has 2 fully saturated rings. The fraction of sp³-hybridized carbons (Fsp3) is 0.842. The molecule has 3 atom stereocenters. The molecule has 0 bridgehead atoms. The summed E-state index contributed by atoms with van der Waals surface area (Å²) in [6.07, 6.45) is 5.69. The monoisotopic (exact) mass is 400 g/mol. The highest BCUT2D eigenvalue weighted by Crippen LogP contribution is 2.46. The maximum absolute atomic E-state index is 12.7. The fourth-order valence-electron chi connectivity index (χ4n) is 3.95. The molecule has 1 saturated carbocycles. The molecule has 1 aliphatic carbocycles. The van der Waals surface area contributed by atoms with Crippen LogP contribution in [0.3, 0.4) is 0 Å². The van der Waals surface area contributed by atoms with Crippen LogP contribution in [-0.4, -0.2) is 51.3 Å². The first kappa shape index (κ1) is 22.0. The summed E-state index contributed by atoms with van der Waals surface area (Å²) < 4.78 is 5.51. The molecule has 0 aromatic rings. The third-order valence-corrected chi connectivity index (χ3v) is 6.70. The molecule has 2 rings (SSSR count). The summed E-state index contributed by atoms with van der Waals surface area (Å²) in [5, 5.41) is 15.5. The maximum Gasteiger partial charge on any atom is 0.329 e. The molecule has 1 heterocycles. The van der Waals surface area contributed by atoms with Gasteiger partial charge in [0.05, 0.1) is 4.87 Å². The van der Waals surface area contributed by atoms with Crippen LogP contribution in [0.15, 0.2) is 0 Å². The SMILES string of the molecule is CC(=O)NC(C[C@]1(C2CCCCC2)N[C@H](C(=O)O)CS1)C(=O)OC(C)(C)C. The average Bonchev–Trinajstić information content (AvgIpc) is 2.99. The Morgan fingerprint density at radius 2 is 1.89 bits per heavy atom. The van der Waals surface area contributed by atoms with E-state index < -0.39 is 34.5 Å². The third kappa shape index (κ3) is 6.10. The summed E-state index contributed by atoms with van der Waals surface area (Å²) in [7, 11) is 0.